The van der Waals surface area contributed by atoms with Crippen molar-refractivity contribution in [1.29, 1.82) is 0 Å². The molecule has 0 heterocycles. The summed E-state index contributed by atoms with van der Waals surface area (Å²) in [7, 11) is 0. The highest BCUT2D eigenvalue weighted by Gasteiger charge is 2.52. The van der Waals surface area contributed by atoms with Crippen LogP contribution in [0, 0.1) is 46.8 Å². The molecule has 0 aromatic heterocycles. The Hall–Kier alpha value is -0.790. The van der Waals surface area contributed by atoms with Crippen LogP contribution in [0.2, 0.25) is 0 Å². The topological polar surface area (TPSA) is 29.1 Å². The fraction of sp³-hybridized carbons (Fsp3) is 0.864. The molecule has 0 aliphatic heterocycles. The number of hydrogen-bond acceptors (Lipinski definition) is 1. The molecule has 0 saturated heterocycles. The molecule has 0 aromatic rings. The van der Waals surface area contributed by atoms with Crippen molar-refractivity contribution in [2.24, 2.45) is 46.8 Å². The molecule has 24 heavy (non-hydrogen) atoms. The lowest BCUT2D eigenvalue weighted by atomic mass is 9.48. The van der Waals surface area contributed by atoms with E-state index in [1.54, 1.807) is 5.57 Å². The van der Waals surface area contributed by atoms with E-state index < -0.39 is 0 Å². The third kappa shape index (κ3) is 2.24. The van der Waals surface area contributed by atoms with Gasteiger partial charge in [0.2, 0.25) is 5.91 Å². The fourth-order valence-electron chi connectivity index (χ4n) is 7.56. The van der Waals surface area contributed by atoms with Gasteiger partial charge >= 0.3 is 0 Å². The predicted octanol–water partition coefficient (Wildman–Crippen LogP) is 4.56. The van der Waals surface area contributed by atoms with Gasteiger partial charge in [-0.1, -0.05) is 25.5 Å². The molecule has 1 N–H and O–H groups in total. The number of allylic oxidation sites excluding steroid dienone is 1. The van der Waals surface area contributed by atoms with Crippen LogP contribution >= 0.6 is 0 Å². The van der Waals surface area contributed by atoms with E-state index in [9.17, 15) is 4.79 Å². The van der Waals surface area contributed by atoms with Crippen LogP contribution in [0.5, 0.6) is 0 Å². The number of fused-ring (bicyclic) bond motifs is 1. The monoisotopic (exact) mass is 327 g/mol. The molecule has 1 amide bonds. The van der Waals surface area contributed by atoms with Crippen molar-refractivity contribution in [2.45, 2.75) is 65.2 Å². The molecular formula is C22H33NO. The number of carbonyl (C=O) groups is 1. The lowest BCUT2D eigenvalue weighted by Crippen LogP contribution is -2.51. The Morgan fingerprint density at radius 1 is 1.08 bits per heavy atom. The summed E-state index contributed by atoms with van der Waals surface area (Å²) in [6.45, 7) is 5.74. The molecule has 7 aliphatic carbocycles. The Morgan fingerprint density at radius 2 is 1.75 bits per heavy atom. The van der Waals surface area contributed by atoms with Crippen molar-refractivity contribution in [2.75, 3.05) is 6.54 Å². The lowest BCUT2D eigenvalue weighted by molar-refractivity contribution is -0.138. The fourth-order valence-corrected chi connectivity index (χ4v) is 7.56. The zero-order chi connectivity index (χ0) is 16.5. The van der Waals surface area contributed by atoms with Gasteiger partial charge in [-0.2, -0.15) is 0 Å². The van der Waals surface area contributed by atoms with E-state index in [-0.39, 0.29) is 0 Å². The SMILES string of the molecule is CC1(C)[C@H]2CC=C(CCNC(=O)C3C4CC5CC(C4)CC3C5)[C@@H]1C2. The van der Waals surface area contributed by atoms with Crippen molar-refractivity contribution in [1.82, 2.24) is 5.32 Å². The highest BCUT2D eigenvalue weighted by molar-refractivity contribution is 5.79. The van der Waals surface area contributed by atoms with Crippen molar-refractivity contribution in [3.63, 3.8) is 0 Å². The summed E-state index contributed by atoms with van der Waals surface area (Å²) in [5, 5.41) is 3.34. The minimum Gasteiger partial charge on any atom is -0.356 e. The Bertz CT molecular complexity index is 547. The van der Waals surface area contributed by atoms with E-state index in [1.165, 1.54) is 44.9 Å². The number of carbonyl (C=O) groups excluding carboxylic acids is 1. The normalized spacial score (nSPS) is 47.1. The molecule has 2 atom stereocenters. The molecule has 6 bridgehead atoms. The zero-order valence-electron chi connectivity index (χ0n) is 15.4. The number of rotatable bonds is 4. The first-order valence-electron chi connectivity index (χ1n) is 10.5. The number of hydrogen-bond donors (Lipinski definition) is 1. The predicted molar refractivity (Wildman–Crippen MR) is 96.2 cm³/mol. The number of amides is 1. The molecule has 7 aliphatic rings. The third-order valence-electron chi connectivity index (χ3n) is 8.83. The molecule has 7 rings (SSSR count). The Kier molecular flexibility index (Phi) is 3.45. The van der Waals surface area contributed by atoms with Gasteiger partial charge in [-0.3, -0.25) is 4.79 Å². The van der Waals surface area contributed by atoms with Gasteiger partial charge in [0.1, 0.15) is 0 Å². The van der Waals surface area contributed by atoms with E-state index in [0.717, 1.165) is 36.6 Å². The summed E-state index contributed by atoms with van der Waals surface area (Å²) in [5.74, 6) is 5.77. The van der Waals surface area contributed by atoms with E-state index in [4.69, 9.17) is 0 Å². The standard InChI is InChI=1S/C22H33NO/c1-22(2)18-4-3-15(19(22)12-18)5-6-23-21(24)20-16-8-13-7-14(10-16)11-17(20)9-13/h3,13-14,16-20H,4-12H2,1-2H3,(H,23,24)/t13?,14?,16?,17?,18-,19-,20?/m0/s1. The van der Waals surface area contributed by atoms with Crippen LogP contribution in [0.4, 0.5) is 0 Å². The van der Waals surface area contributed by atoms with Gasteiger partial charge in [-0.15, -0.1) is 0 Å². The highest BCUT2D eigenvalue weighted by atomic mass is 16.1. The van der Waals surface area contributed by atoms with Crippen molar-refractivity contribution < 1.29 is 4.79 Å². The third-order valence-corrected chi connectivity index (χ3v) is 8.83. The summed E-state index contributed by atoms with van der Waals surface area (Å²) >= 11 is 0. The molecule has 132 valence electrons. The average Bonchev–Trinajstić information content (AvgIpc) is 2.53. The van der Waals surface area contributed by atoms with Crippen LogP contribution in [0.15, 0.2) is 11.6 Å². The minimum absolute atomic E-state index is 0.350. The van der Waals surface area contributed by atoms with Crippen LogP contribution < -0.4 is 5.32 Å². The first kappa shape index (κ1) is 15.5. The van der Waals surface area contributed by atoms with Crippen LogP contribution in [0.1, 0.15) is 65.2 Å². The second-order valence-corrected chi connectivity index (χ2v) is 10.3. The van der Waals surface area contributed by atoms with E-state index >= 15 is 0 Å². The first-order chi connectivity index (χ1) is 11.5. The molecule has 2 heteroatoms. The second-order valence-electron chi connectivity index (χ2n) is 10.3. The molecular weight excluding hydrogens is 294 g/mol. The Balaban J connectivity index is 1.16. The Morgan fingerprint density at radius 3 is 2.33 bits per heavy atom. The average molecular weight is 328 g/mol. The van der Waals surface area contributed by atoms with Crippen LogP contribution in [0.25, 0.3) is 0 Å². The molecule has 0 spiro atoms. The molecule has 0 unspecified atom stereocenters. The largest absolute Gasteiger partial charge is 0.356 e. The van der Waals surface area contributed by atoms with Crippen LogP contribution in [0.3, 0.4) is 0 Å². The van der Waals surface area contributed by atoms with E-state index in [0.29, 0.717) is 29.1 Å². The maximum absolute atomic E-state index is 12.9. The Labute approximate surface area is 146 Å². The summed E-state index contributed by atoms with van der Waals surface area (Å²) < 4.78 is 0. The van der Waals surface area contributed by atoms with Gasteiger partial charge in [0.15, 0.2) is 0 Å². The minimum atomic E-state index is 0.350. The van der Waals surface area contributed by atoms with E-state index in [2.05, 4.69) is 25.2 Å². The van der Waals surface area contributed by atoms with Gasteiger partial charge in [0, 0.05) is 12.5 Å². The molecule has 2 nitrogen and oxygen atoms in total. The summed E-state index contributed by atoms with van der Waals surface area (Å²) in [5.41, 5.74) is 2.14. The lowest BCUT2D eigenvalue weighted by Gasteiger charge is -2.56. The maximum Gasteiger partial charge on any atom is 0.223 e. The first-order valence-corrected chi connectivity index (χ1v) is 10.5. The zero-order valence-corrected chi connectivity index (χ0v) is 15.4. The van der Waals surface area contributed by atoms with Gasteiger partial charge < -0.3 is 5.32 Å². The number of nitrogens with one attached hydrogen (secondary N) is 1. The molecule has 5 saturated carbocycles. The van der Waals surface area contributed by atoms with Gasteiger partial charge in [-0.05, 0) is 92.3 Å². The maximum atomic E-state index is 12.9. The van der Waals surface area contributed by atoms with Gasteiger partial charge in [-0.25, -0.2) is 0 Å². The quantitative estimate of drug-likeness (QED) is 0.754. The van der Waals surface area contributed by atoms with Crippen molar-refractivity contribution in [3.05, 3.63) is 11.6 Å². The molecule has 0 aromatic carbocycles. The summed E-state index contributed by atoms with van der Waals surface area (Å²) in [6.07, 6.45) is 13.1. The van der Waals surface area contributed by atoms with Gasteiger partial charge in [0.25, 0.3) is 0 Å². The molecule has 0 radical (unpaired) electrons. The highest BCUT2D eigenvalue weighted by Crippen LogP contribution is 2.60. The van der Waals surface area contributed by atoms with E-state index in [1.807, 2.05) is 0 Å². The van der Waals surface area contributed by atoms with Crippen molar-refractivity contribution in [3.8, 4) is 0 Å². The van der Waals surface area contributed by atoms with Crippen LogP contribution in [-0.2, 0) is 4.79 Å². The second kappa shape index (κ2) is 5.35. The van der Waals surface area contributed by atoms with Crippen molar-refractivity contribution >= 4 is 5.91 Å². The van der Waals surface area contributed by atoms with Crippen LogP contribution in [-0.4, -0.2) is 12.5 Å². The summed E-state index contributed by atoms with van der Waals surface area (Å²) in [4.78, 5) is 12.9. The molecule has 5 fully saturated rings. The van der Waals surface area contributed by atoms with Gasteiger partial charge in [0.05, 0.1) is 0 Å². The smallest absolute Gasteiger partial charge is 0.223 e. The summed E-state index contributed by atoms with van der Waals surface area (Å²) in [6, 6.07) is 0.